The molecule has 9 nitrogen and oxygen atoms in total. The Balaban J connectivity index is 2.06. The average molecular weight is 570 g/mol. The van der Waals surface area contributed by atoms with Crippen LogP contribution in [-0.2, 0) is 6.18 Å². The van der Waals surface area contributed by atoms with Gasteiger partial charge in [-0.1, -0.05) is 6.92 Å². The average Bonchev–Trinajstić information content (AvgIpc) is 3.17. The van der Waals surface area contributed by atoms with Crippen molar-refractivity contribution in [1.29, 1.82) is 10.9 Å². The van der Waals surface area contributed by atoms with Gasteiger partial charge in [-0.05, 0) is 28.1 Å². The Morgan fingerprint density at radius 3 is 2.47 bits per heavy atom. The van der Waals surface area contributed by atoms with Crippen molar-refractivity contribution in [3.8, 4) is 11.1 Å². The Morgan fingerprint density at radius 2 is 1.92 bits per heavy atom. The van der Waals surface area contributed by atoms with Gasteiger partial charge in [-0.15, -0.1) is 0 Å². The van der Waals surface area contributed by atoms with Crippen LogP contribution in [0.1, 0.15) is 30.1 Å². The van der Waals surface area contributed by atoms with E-state index in [4.69, 9.17) is 16.7 Å². The van der Waals surface area contributed by atoms with E-state index in [-0.39, 0.29) is 34.0 Å². The first-order valence-corrected chi connectivity index (χ1v) is 10.7. The molecule has 0 saturated carbocycles. The third-order valence-corrected chi connectivity index (χ3v) is 5.76. The van der Waals surface area contributed by atoms with E-state index in [1.54, 1.807) is 6.92 Å². The van der Waals surface area contributed by atoms with Gasteiger partial charge in [0.25, 0.3) is 0 Å². The van der Waals surface area contributed by atoms with Crippen LogP contribution in [0.25, 0.3) is 11.1 Å². The summed E-state index contributed by atoms with van der Waals surface area (Å²) in [7, 11) is 0. The van der Waals surface area contributed by atoms with Crippen molar-refractivity contribution in [1.82, 2.24) is 15.0 Å². The summed E-state index contributed by atoms with van der Waals surface area (Å²) in [5, 5.41) is 13.3. The second-order valence-electron chi connectivity index (χ2n) is 7.21. The molecule has 0 amide bonds. The standard InChI is InChI=1S/C21H17BrF5N9/c1-9(14(36-30)7-31-13-3-2-11(23)4-12(13)24)17-16(22)15(18(35-17)19(29)34-8-28)10-5-32-20(33-6-10)21(25,26)27/h2-9,30-31,35H,1H3,(H3,28,29,34)/b14-7-,36-30?. The minimum absolute atomic E-state index is 0.0547. The molecular formula is C21H17BrF5N9. The Bertz CT molecular complexity index is 1350. The normalized spacial score (nSPS) is 13.4. The highest BCUT2D eigenvalue weighted by Gasteiger charge is 2.34. The van der Waals surface area contributed by atoms with Crippen LogP contribution in [-0.4, -0.2) is 27.1 Å². The molecule has 188 valence electrons. The first-order chi connectivity index (χ1) is 17.0. The molecule has 2 aromatic heterocycles. The van der Waals surface area contributed by atoms with Crippen molar-refractivity contribution >= 4 is 33.8 Å². The van der Waals surface area contributed by atoms with Gasteiger partial charge in [-0.3, -0.25) is 5.41 Å². The third kappa shape index (κ3) is 5.62. The van der Waals surface area contributed by atoms with E-state index in [1.807, 2.05) is 0 Å². The number of allylic oxidation sites excluding steroid dienone is 1. The zero-order valence-electron chi connectivity index (χ0n) is 18.3. The number of halogens is 6. The molecule has 2 heterocycles. The van der Waals surface area contributed by atoms with Gasteiger partial charge in [0.05, 0.1) is 17.1 Å². The van der Waals surface area contributed by atoms with Gasteiger partial charge in [0.1, 0.15) is 23.8 Å². The number of nitrogens with one attached hydrogen (secondary N) is 4. The zero-order valence-corrected chi connectivity index (χ0v) is 19.8. The molecule has 0 aliphatic carbocycles. The second kappa shape index (κ2) is 10.7. The largest absolute Gasteiger partial charge is 0.451 e. The molecule has 0 aliphatic heterocycles. The van der Waals surface area contributed by atoms with Crippen molar-refractivity contribution in [2.45, 2.75) is 19.0 Å². The minimum atomic E-state index is -4.73. The van der Waals surface area contributed by atoms with Gasteiger partial charge >= 0.3 is 6.18 Å². The number of rotatable bonds is 8. The molecule has 0 radical (unpaired) electrons. The number of alkyl halides is 3. The van der Waals surface area contributed by atoms with Crippen LogP contribution in [0.15, 0.2) is 57.1 Å². The van der Waals surface area contributed by atoms with Gasteiger partial charge in [0.15, 0.2) is 0 Å². The molecule has 0 saturated heterocycles. The van der Waals surface area contributed by atoms with E-state index < -0.39 is 29.6 Å². The first kappa shape index (κ1) is 26.6. The van der Waals surface area contributed by atoms with Crippen molar-refractivity contribution in [2.24, 2.45) is 15.8 Å². The van der Waals surface area contributed by atoms with E-state index >= 15 is 0 Å². The molecule has 36 heavy (non-hydrogen) atoms. The summed E-state index contributed by atoms with van der Waals surface area (Å²) in [6.07, 6.45) is -0.875. The molecule has 1 unspecified atom stereocenters. The lowest BCUT2D eigenvalue weighted by molar-refractivity contribution is -0.144. The predicted molar refractivity (Wildman–Crippen MR) is 126 cm³/mol. The molecule has 1 atom stereocenters. The molecule has 6 N–H and O–H groups in total. The maximum atomic E-state index is 13.9. The van der Waals surface area contributed by atoms with Crippen molar-refractivity contribution in [2.75, 3.05) is 5.32 Å². The van der Waals surface area contributed by atoms with E-state index in [9.17, 15) is 22.0 Å². The highest BCUT2D eigenvalue weighted by Crippen LogP contribution is 2.40. The van der Waals surface area contributed by atoms with E-state index in [2.05, 4.69) is 46.3 Å². The smallest absolute Gasteiger partial charge is 0.382 e. The topological polar surface area (TPSA) is 152 Å². The van der Waals surface area contributed by atoms with Crippen LogP contribution in [0.5, 0.6) is 0 Å². The van der Waals surface area contributed by atoms with Crippen LogP contribution in [0.4, 0.5) is 27.6 Å². The monoisotopic (exact) mass is 569 g/mol. The van der Waals surface area contributed by atoms with E-state index in [1.165, 1.54) is 12.3 Å². The molecule has 3 aromatic rings. The number of anilines is 1. The quantitative estimate of drug-likeness (QED) is 0.0987. The Morgan fingerprint density at radius 1 is 1.25 bits per heavy atom. The van der Waals surface area contributed by atoms with Crippen LogP contribution >= 0.6 is 15.9 Å². The number of aromatic amines is 1. The highest BCUT2D eigenvalue weighted by atomic mass is 79.9. The minimum Gasteiger partial charge on any atom is -0.382 e. The lowest BCUT2D eigenvalue weighted by Crippen LogP contribution is -2.15. The number of benzene rings is 1. The van der Waals surface area contributed by atoms with Gasteiger partial charge in [0.2, 0.25) is 5.82 Å². The summed E-state index contributed by atoms with van der Waals surface area (Å²) < 4.78 is 66.1. The van der Waals surface area contributed by atoms with Crippen LogP contribution < -0.4 is 11.1 Å². The SMILES string of the molecule is CC(/C(=C/Nc1ccc(F)cc1F)N=N)c1[nH]c(/C(N)=N\C=N)c(-c2cnc(C(F)(F)F)nc2)c1Br. The summed E-state index contributed by atoms with van der Waals surface area (Å²) in [5.41, 5.74) is 14.5. The molecular weight excluding hydrogens is 553 g/mol. The fourth-order valence-electron chi connectivity index (χ4n) is 3.16. The number of hydrogen-bond donors (Lipinski definition) is 5. The Hall–Kier alpha value is -4.01. The molecule has 15 heteroatoms. The number of aliphatic imine (C=N–C) groups is 1. The fourth-order valence-corrected chi connectivity index (χ4v) is 4.03. The van der Waals surface area contributed by atoms with Gasteiger partial charge in [-0.25, -0.2) is 29.3 Å². The fraction of sp³-hybridized carbons (Fsp3) is 0.143. The summed E-state index contributed by atoms with van der Waals surface area (Å²) in [5.74, 6) is -3.77. The Kier molecular flexibility index (Phi) is 7.92. The number of H-pyrrole nitrogens is 1. The van der Waals surface area contributed by atoms with Gasteiger partial charge in [0, 0.05) is 51.9 Å². The zero-order chi connectivity index (χ0) is 26.6. The second-order valence-corrected chi connectivity index (χ2v) is 8.00. The number of nitrogens with zero attached hydrogens (tertiary/aromatic N) is 4. The van der Waals surface area contributed by atoms with Crippen LogP contribution in [0.2, 0.25) is 0 Å². The van der Waals surface area contributed by atoms with Gasteiger partial charge in [-0.2, -0.15) is 18.3 Å². The molecule has 0 spiro atoms. The summed E-state index contributed by atoms with van der Waals surface area (Å²) in [6, 6.07) is 2.92. The molecule has 0 bridgehead atoms. The molecule has 3 rings (SSSR count). The summed E-state index contributed by atoms with van der Waals surface area (Å²) in [6.45, 7) is 1.64. The van der Waals surface area contributed by atoms with Crippen LogP contribution in [0.3, 0.4) is 0 Å². The highest BCUT2D eigenvalue weighted by molar-refractivity contribution is 9.10. The van der Waals surface area contributed by atoms with Gasteiger partial charge < -0.3 is 16.0 Å². The predicted octanol–water partition coefficient (Wildman–Crippen LogP) is 5.93. The molecule has 0 fully saturated rings. The third-order valence-electron chi connectivity index (χ3n) is 4.93. The maximum absolute atomic E-state index is 13.9. The molecule has 0 aliphatic rings. The summed E-state index contributed by atoms with van der Waals surface area (Å²) in [4.78, 5) is 13.4. The number of hydrogen-bond acceptors (Lipinski definition) is 6. The lowest BCUT2D eigenvalue weighted by Gasteiger charge is -2.12. The van der Waals surface area contributed by atoms with Crippen molar-refractivity contribution in [3.05, 3.63) is 75.8 Å². The number of aromatic nitrogens is 3. The number of amidine groups is 1. The van der Waals surface area contributed by atoms with Crippen molar-refractivity contribution in [3.63, 3.8) is 0 Å². The van der Waals surface area contributed by atoms with Crippen molar-refractivity contribution < 1.29 is 22.0 Å². The maximum Gasteiger partial charge on any atom is 0.451 e. The molecule has 1 aromatic carbocycles. The summed E-state index contributed by atoms with van der Waals surface area (Å²) >= 11 is 3.40. The Labute approximate surface area is 208 Å². The van der Waals surface area contributed by atoms with E-state index in [0.29, 0.717) is 22.6 Å². The van der Waals surface area contributed by atoms with Crippen LogP contribution in [0, 0.1) is 22.6 Å². The first-order valence-electron chi connectivity index (χ1n) is 9.90. The van der Waals surface area contributed by atoms with E-state index in [0.717, 1.165) is 18.5 Å². The number of nitrogens with two attached hydrogens (primary N) is 1. The lowest BCUT2D eigenvalue weighted by atomic mass is 10.0.